The first kappa shape index (κ1) is 16.5. The Kier molecular flexibility index (Phi) is 5.70. The summed E-state index contributed by atoms with van der Waals surface area (Å²) >= 11 is 0. The lowest BCUT2D eigenvalue weighted by Crippen LogP contribution is -2.35. The van der Waals surface area contributed by atoms with Gasteiger partial charge in [0, 0.05) is 6.42 Å². The van der Waals surface area contributed by atoms with Gasteiger partial charge in [-0.3, -0.25) is 4.79 Å². The zero-order valence-corrected chi connectivity index (χ0v) is 12.9. The quantitative estimate of drug-likeness (QED) is 0.682. The highest BCUT2D eigenvalue weighted by molar-refractivity contribution is 5.70. The highest BCUT2D eigenvalue weighted by Crippen LogP contribution is 2.42. The van der Waals surface area contributed by atoms with Crippen LogP contribution in [0.15, 0.2) is 0 Å². The number of carbonyl (C=O) groups excluding carboxylic acids is 1. The molecular weight excluding hydrogens is 212 g/mol. The van der Waals surface area contributed by atoms with Crippen LogP contribution in [0.25, 0.3) is 0 Å². The fraction of sp³-hybridized carbons (Fsp3) is 0.933. The van der Waals surface area contributed by atoms with Crippen molar-refractivity contribution in [1.82, 2.24) is 0 Å². The SMILES string of the molecule is CCC(C)OC(=O)CC(C(C)(C)C)C(C)(C)C. The fourth-order valence-corrected chi connectivity index (χ4v) is 2.43. The molecule has 1 unspecified atom stereocenters. The van der Waals surface area contributed by atoms with Gasteiger partial charge in [-0.15, -0.1) is 0 Å². The molecule has 0 amide bonds. The first-order chi connectivity index (χ1) is 7.48. The Hall–Kier alpha value is -0.530. The third-order valence-corrected chi connectivity index (χ3v) is 3.37. The molecule has 0 N–H and O–H groups in total. The molecule has 0 aromatic rings. The summed E-state index contributed by atoms with van der Waals surface area (Å²) in [5, 5.41) is 0. The second kappa shape index (κ2) is 5.88. The second-order valence-electron chi connectivity index (χ2n) is 7.20. The zero-order chi connectivity index (χ0) is 13.9. The molecule has 0 saturated heterocycles. The monoisotopic (exact) mass is 242 g/mol. The van der Waals surface area contributed by atoms with Crippen LogP contribution in [0.1, 0.15) is 68.2 Å². The zero-order valence-electron chi connectivity index (χ0n) is 12.9. The molecule has 0 heterocycles. The number of rotatable bonds is 4. The molecule has 0 aliphatic carbocycles. The standard InChI is InChI=1S/C15H30O2/c1-9-11(2)17-13(16)10-12(14(3,4)5)15(6,7)8/h11-12H,9-10H2,1-8H3. The van der Waals surface area contributed by atoms with Crippen LogP contribution in [-0.2, 0) is 9.53 Å². The Morgan fingerprint density at radius 2 is 1.47 bits per heavy atom. The van der Waals surface area contributed by atoms with E-state index in [0.717, 1.165) is 6.42 Å². The summed E-state index contributed by atoms with van der Waals surface area (Å²) in [5.74, 6) is 0.265. The summed E-state index contributed by atoms with van der Waals surface area (Å²) in [4.78, 5) is 11.9. The normalized spacial score (nSPS) is 14.9. The molecule has 0 aromatic carbocycles. The number of hydrogen-bond acceptors (Lipinski definition) is 2. The lowest BCUT2D eigenvalue weighted by molar-refractivity contribution is -0.152. The Labute approximate surface area is 107 Å². The van der Waals surface area contributed by atoms with E-state index in [1.807, 2.05) is 13.8 Å². The van der Waals surface area contributed by atoms with Crippen molar-refractivity contribution in [2.45, 2.75) is 74.3 Å². The van der Waals surface area contributed by atoms with Crippen molar-refractivity contribution in [2.75, 3.05) is 0 Å². The minimum Gasteiger partial charge on any atom is -0.463 e. The molecule has 0 bridgehead atoms. The average molecular weight is 242 g/mol. The highest BCUT2D eigenvalue weighted by Gasteiger charge is 2.36. The lowest BCUT2D eigenvalue weighted by Gasteiger charge is -2.40. The first-order valence-corrected chi connectivity index (χ1v) is 6.68. The molecule has 102 valence electrons. The topological polar surface area (TPSA) is 26.3 Å². The Balaban J connectivity index is 4.63. The molecule has 17 heavy (non-hydrogen) atoms. The summed E-state index contributed by atoms with van der Waals surface area (Å²) in [6, 6.07) is 0. The third-order valence-electron chi connectivity index (χ3n) is 3.37. The van der Waals surface area contributed by atoms with Crippen LogP contribution < -0.4 is 0 Å². The van der Waals surface area contributed by atoms with Crippen molar-refractivity contribution < 1.29 is 9.53 Å². The third kappa shape index (κ3) is 6.09. The second-order valence-corrected chi connectivity index (χ2v) is 7.20. The van der Waals surface area contributed by atoms with Gasteiger partial charge in [-0.05, 0) is 30.1 Å². The number of ether oxygens (including phenoxy) is 1. The molecule has 0 saturated carbocycles. The maximum absolute atomic E-state index is 11.9. The van der Waals surface area contributed by atoms with E-state index in [1.165, 1.54) is 0 Å². The molecule has 0 radical (unpaired) electrons. The van der Waals surface area contributed by atoms with Gasteiger partial charge in [0.2, 0.25) is 0 Å². The largest absolute Gasteiger partial charge is 0.463 e. The van der Waals surface area contributed by atoms with Crippen molar-refractivity contribution >= 4 is 5.97 Å². The van der Waals surface area contributed by atoms with Crippen LogP contribution in [0.5, 0.6) is 0 Å². The van der Waals surface area contributed by atoms with E-state index >= 15 is 0 Å². The van der Waals surface area contributed by atoms with Gasteiger partial charge in [0.15, 0.2) is 0 Å². The van der Waals surface area contributed by atoms with Gasteiger partial charge in [0.25, 0.3) is 0 Å². The van der Waals surface area contributed by atoms with E-state index < -0.39 is 0 Å². The molecule has 1 atom stereocenters. The molecule has 0 aliphatic rings. The van der Waals surface area contributed by atoms with Gasteiger partial charge in [-0.2, -0.15) is 0 Å². The Bertz CT molecular complexity index is 229. The van der Waals surface area contributed by atoms with Crippen LogP contribution >= 0.6 is 0 Å². The first-order valence-electron chi connectivity index (χ1n) is 6.68. The van der Waals surface area contributed by atoms with Crippen molar-refractivity contribution in [3.63, 3.8) is 0 Å². The molecule has 0 aromatic heterocycles. The van der Waals surface area contributed by atoms with Crippen LogP contribution in [-0.4, -0.2) is 12.1 Å². The number of esters is 1. The van der Waals surface area contributed by atoms with E-state index in [1.54, 1.807) is 0 Å². The fourth-order valence-electron chi connectivity index (χ4n) is 2.43. The maximum Gasteiger partial charge on any atom is 0.306 e. The van der Waals surface area contributed by atoms with Crippen molar-refractivity contribution in [3.8, 4) is 0 Å². The van der Waals surface area contributed by atoms with Crippen LogP contribution in [0.4, 0.5) is 0 Å². The van der Waals surface area contributed by atoms with E-state index in [0.29, 0.717) is 12.3 Å². The number of hydrogen-bond donors (Lipinski definition) is 0. The Morgan fingerprint density at radius 1 is 1.06 bits per heavy atom. The summed E-state index contributed by atoms with van der Waals surface area (Å²) < 4.78 is 5.38. The summed E-state index contributed by atoms with van der Waals surface area (Å²) in [7, 11) is 0. The smallest absolute Gasteiger partial charge is 0.306 e. The van der Waals surface area contributed by atoms with E-state index in [2.05, 4.69) is 41.5 Å². The van der Waals surface area contributed by atoms with Crippen LogP contribution in [0.3, 0.4) is 0 Å². The molecule has 0 aliphatic heterocycles. The predicted molar refractivity (Wildman–Crippen MR) is 72.9 cm³/mol. The van der Waals surface area contributed by atoms with E-state index in [-0.39, 0.29) is 22.9 Å². The summed E-state index contributed by atoms with van der Waals surface area (Å²) in [6.07, 6.45) is 1.42. The minimum absolute atomic E-state index is 0.0306. The van der Waals surface area contributed by atoms with Gasteiger partial charge in [0.1, 0.15) is 0 Å². The van der Waals surface area contributed by atoms with Gasteiger partial charge < -0.3 is 4.74 Å². The van der Waals surface area contributed by atoms with Gasteiger partial charge in [-0.1, -0.05) is 48.5 Å². The van der Waals surface area contributed by atoms with Gasteiger partial charge >= 0.3 is 5.97 Å². The van der Waals surface area contributed by atoms with E-state index in [9.17, 15) is 4.79 Å². The average Bonchev–Trinajstić information content (AvgIpc) is 2.10. The van der Waals surface area contributed by atoms with E-state index in [4.69, 9.17) is 4.74 Å². The van der Waals surface area contributed by atoms with Crippen LogP contribution in [0.2, 0.25) is 0 Å². The molecule has 2 heteroatoms. The number of carbonyl (C=O) groups is 1. The summed E-state index contributed by atoms with van der Waals surface area (Å²) in [5.41, 5.74) is 0.236. The lowest BCUT2D eigenvalue weighted by atomic mass is 9.65. The molecule has 2 nitrogen and oxygen atoms in total. The van der Waals surface area contributed by atoms with Gasteiger partial charge in [0.05, 0.1) is 6.10 Å². The molecule has 0 rings (SSSR count). The maximum atomic E-state index is 11.9. The summed E-state index contributed by atoms with van der Waals surface area (Å²) in [6.45, 7) is 17.1. The molecule has 0 fully saturated rings. The highest BCUT2D eigenvalue weighted by atomic mass is 16.5. The van der Waals surface area contributed by atoms with Crippen molar-refractivity contribution in [1.29, 1.82) is 0 Å². The van der Waals surface area contributed by atoms with Crippen LogP contribution in [0, 0.1) is 16.7 Å². The van der Waals surface area contributed by atoms with Crippen molar-refractivity contribution in [2.24, 2.45) is 16.7 Å². The Morgan fingerprint density at radius 3 is 1.76 bits per heavy atom. The molecular formula is C15H30O2. The predicted octanol–water partition coefficient (Wildman–Crippen LogP) is 4.43. The molecule has 0 spiro atoms. The van der Waals surface area contributed by atoms with Gasteiger partial charge in [-0.25, -0.2) is 0 Å². The van der Waals surface area contributed by atoms with Crippen molar-refractivity contribution in [3.05, 3.63) is 0 Å². The minimum atomic E-state index is -0.0609.